The summed E-state index contributed by atoms with van der Waals surface area (Å²) in [5.74, 6) is -0.929. The Hall–Kier alpha value is -1.06. The molecule has 1 aromatic rings. The Bertz CT molecular complexity index is 466. The van der Waals surface area contributed by atoms with Crippen molar-refractivity contribution in [2.75, 3.05) is 0 Å². The first-order valence-electron chi connectivity index (χ1n) is 5.83. The number of hydrogen-bond donors (Lipinski definition) is 2. The van der Waals surface area contributed by atoms with Crippen LogP contribution in [0.1, 0.15) is 43.1 Å². The molecule has 4 heteroatoms. The summed E-state index contributed by atoms with van der Waals surface area (Å²) in [4.78, 5) is 11.0. The van der Waals surface area contributed by atoms with Gasteiger partial charge in [0.1, 0.15) is 0 Å². The van der Waals surface area contributed by atoms with E-state index in [1.165, 1.54) is 0 Å². The Kier molecular flexibility index (Phi) is 4.41. The van der Waals surface area contributed by atoms with Gasteiger partial charge in [0.05, 0.1) is 11.5 Å². The number of benzene rings is 1. The molecule has 0 spiro atoms. The monoisotopic (exact) mass is 270 g/mol. The van der Waals surface area contributed by atoms with Gasteiger partial charge in [-0.1, -0.05) is 17.7 Å². The molecule has 0 saturated heterocycles. The van der Waals surface area contributed by atoms with Gasteiger partial charge in [-0.3, -0.25) is 4.79 Å². The average molecular weight is 271 g/mol. The summed E-state index contributed by atoms with van der Waals surface area (Å²) >= 11 is 6.10. The van der Waals surface area contributed by atoms with Crippen LogP contribution >= 0.6 is 11.6 Å². The largest absolute Gasteiger partial charge is 0.481 e. The molecule has 1 unspecified atom stereocenters. The van der Waals surface area contributed by atoms with Crippen molar-refractivity contribution in [2.24, 2.45) is 5.41 Å². The summed E-state index contributed by atoms with van der Waals surface area (Å²) in [6.45, 7) is 7.06. The average Bonchev–Trinajstić information content (AvgIpc) is 2.22. The molecule has 0 aromatic heterocycles. The smallest absolute Gasteiger partial charge is 0.309 e. The van der Waals surface area contributed by atoms with Crippen LogP contribution in [0.25, 0.3) is 0 Å². The zero-order valence-electron chi connectivity index (χ0n) is 11.1. The van der Waals surface area contributed by atoms with Gasteiger partial charge >= 0.3 is 5.97 Å². The summed E-state index contributed by atoms with van der Waals surface area (Å²) in [7, 11) is 0. The lowest BCUT2D eigenvalue weighted by Crippen LogP contribution is -2.26. The van der Waals surface area contributed by atoms with Crippen molar-refractivity contribution in [3.63, 3.8) is 0 Å². The summed E-state index contributed by atoms with van der Waals surface area (Å²) in [6.07, 6.45) is -0.743. The first kappa shape index (κ1) is 15.0. The maximum absolute atomic E-state index is 11.0. The minimum atomic E-state index is -0.985. The molecule has 0 radical (unpaired) electrons. The van der Waals surface area contributed by atoms with Gasteiger partial charge in [-0.25, -0.2) is 0 Å². The van der Waals surface area contributed by atoms with Crippen molar-refractivity contribution in [3.8, 4) is 0 Å². The van der Waals surface area contributed by atoms with Gasteiger partial charge in [0.25, 0.3) is 0 Å². The molecule has 1 rings (SSSR count). The second-order valence-electron chi connectivity index (χ2n) is 5.37. The van der Waals surface area contributed by atoms with Crippen molar-refractivity contribution in [1.29, 1.82) is 0 Å². The quantitative estimate of drug-likeness (QED) is 0.880. The third-order valence-corrected chi connectivity index (χ3v) is 3.58. The van der Waals surface area contributed by atoms with Gasteiger partial charge in [0, 0.05) is 5.02 Å². The van der Waals surface area contributed by atoms with Crippen LogP contribution in [0, 0.1) is 19.3 Å². The van der Waals surface area contributed by atoms with E-state index in [2.05, 4.69) is 0 Å². The third-order valence-electron chi connectivity index (χ3n) is 3.25. The molecule has 0 bridgehead atoms. The molecule has 100 valence electrons. The topological polar surface area (TPSA) is 57.5 Å². The zero-order chi connectivity index (χ0) is 14.1. The van der Waals surface area contributed by atoms with Crippen LogP contribution < -0.4 is 0 Å². The Morgan fingerprint density at radius 3 is 2.33 bits per heavy atom. The number of aliphatic carboxylic acids is 1. The van der Waals surface area contributed by atoms with Gasteiger partial charge in [-0.2, -0.15) is 0 Å². The fraction of sp³-hybridized carbons (Fsp3) is 0.500. The van der Waals surface area contributed by atoms with Crippen LogP contribution in [0.4, 0.5) is 0 Å². The second kappa shape index (κ2) is 5.29. The molecular formula is C14H19ClO3. The lowest BCUT2D eigenvalue weighted by Gasteiger charge is -2.24. The highest BCUT2D eigenvalue weighted by atomic mass is 35.5. The van der Waals surface area contributed by atoms with E-state index in [1.807, 2.05) is 19.9 Å². The Balaban J connectivity index is 3.01. The lowest BCUT2D eigenvalue weighted by molar-refractivity contribution is -0.148. The molecule has 18 heavy (non-hydrogen) atoms. The van der Waals surface area contributed by atoms with E-state index in [0.29, 0.717) is 10.6 Å². The minimum absolute atomic E-state index is 0.130. The van der Waals surface area contributed by atoms with Crippen LogP contribution in [0.5, 0.6) is 0 Å². The predicted octanol–water partition coefficient (Wildman–Crippen LogP) is 3.49. The van der Waals surface area contributed by atoms with Crippen molar-refractivity contribution in [1.82, 2.24) is 0 Å². The van der Waals surface area contributed by atoms with Gasteiger partial charge in [-0.15, -0.1) is 0 Å². The van der Waals surface area contributed by atoms with Crippen molar-refractivity contribution < 1.29 is 15.0 Å². The minimum Gasteiger partial charge on any atom is -0.481 e. The summed E-state index contributed by atoms with van der Waals surface area (Å²) in [6, 6.07) is 3.61. The third kappa shape index (κ3) is 3.24. The first-order chi connectivity index (χ1) is 8.15. The van der Waals surface area contributed by atoms with Crippen LogP contribution in [-0.2, 0) is 4.79 Å². The van der Waals surface area contributed by atoms with Gasteiger partial charge in [-0.05, 0) is 56.9 Å². The van der Waals surface area contributed by atoms with E-state index in [9.17, 15) is 9.90 Å². The number of rotatable bonds is 4. The summed E-state index contributed by atoms with van der Waals surface area (Å²) in [5, 5.41) is 19.7. The molecule has 0 saturated carbocycles. The molecule has 0 aliphatic heterocycles. The molecule has 0 amide bonds. The SMILES string of the molecule is Cc1cc(Cl)c(C(O)CC(C)(C)C(=O)O)cc1C. The van der Waals surface area contributed by atoms with Crippen LogP contribution in [-0.4, -0.2) is 16.2 Å². The van der Waals surface area contributed by atoms with Crippen molar-refractivity contribution in [3.05, 3.63) is 33.8 Å². The number of carbonyl (C=O) groups is 1. The van der Waals surface area contributed by atoms with Crippen LogP contribution in [0.2, 0.25) is 5.02 Å². The number of hydrogen-bond acceptors (Lipinski definition) is 2. The number of aliphatic hydroxyl groups excluding tert-OH is 1. The number of halogens is 1. The molecule has 3 nitrogen and oxygen atoms in total. The van der Waals surface area contributed by atoms with Crippen molar-refractivity contribution in [2.45, 2.75) is 40.2 Å². The maximum Gasteiger partial charge on any atom is 0.309 e. The number of carboxylic acid groups (broad SMARTS) is 1. The van der Waals surface area contributed by atoms with E-state index in [-0.39, 0.29) is 6.42 Å². The molecule has 0 aliphatic carbocycles. The van der Waals surface area contributed by atoms with E-state index in [0.717, 1.165) is 11.1 Å². The maximum atomic E-state index is 11.0. The van der Waals surface area contributed by atoms with E-state index < -0.39 is 17.5 Å². The molecule has 1 atom stereocenters. The Morgan fingerprint density at radius 2 is 1.83 bits per heavy atom. The van der Waals surface area contributed by atoms with E-state index in [4.69, 9.17) is 16.7 Å². The predicted molar refractivity (Wildman–Crippen MR) is 71.9 cm³/mol. The second-order valence-corrected chi connectivity index (χ2v) is 5.77. The molecule has 0 aliphatic rings. The van der Waals surface area contributed by atoms with Crippen molar-refractivity contribution >= 4 is 17.6 Å². The summed E-state index contributed by atoms with van der Waals surface area (Å²) in [5.41, 5.74) is 1.69. The van der Waals surface area contributed by atoms with Gasteiger partial charge in [0.2, 0.25) is 0 Å². The lowest BCUT2D eigenvalue weighted by atomic mass is 9.84. The van der Waals surface area contributed by atoms with Crippen LogP contribution in [0.3, 0.4) is 0 Å². The molecule has 1 aromatic carbocycles. The highest BCUT2D eigenvalue weighted by Gasteiger charge is 2.31. The van der Waals surface area contributed by atoms with E-state index >= 15 is 0 Å². The number of aliphatic hydroxyl groups is 1. The Morgan fingerprint density at radius 1 is 1.33 bits per heavy atom. The van der Waals surface area contributed by atoms with Gasteiger partial charge < -0.3 is 10.2 Å². The number of carboxylic acids is 1. The highest BCUT2D eigenvalue weighted by Crippen LogP contribution is 2.34. The normalized spacial score (nSPS) is 13.4. The molecule has 0 heterocycles. The van der Waals surface area contributed by atoms with Crippen LogP contribution in [0.15, 0.2) is 12.1 Å². The standard InChI is InChI=1S/C14H19ClO3/c1-8-5-10(11(15)6-9(8)2)12(16)7-14(3,4)13(17)18/h5-6,12,16H,7H2,1-4H3,(H,17,18). The first-order valence-corrected chi connectivity index (χ1v) is 6.21. The summed E-state index contributed by atoms with van der Waals surface area (Å²) < 4.78 is 0. The number of aryl methyl sites for hydroxylation is 2. The fourth-order valence-corrected chi connectivity index (χ4v) is 2.08. The fourth-order valence-electron chi connectivity index (χ4n) is 1.74. The molecule has 0 fully saturated rings. The molecule has 2 N–H and O–H groups in total. The van der Waals surface area contributed by atoms with Gasteiger partial charge in [0.15, 0.2) is 0 Å². The molecular weight excluding hydrogens is 252 g/mol. The van der Waals surface area contributed by atoms with E-state index in [1.54, 1.807) is 19.9 Å². The zero-order valence-corrected chi connectivity index (χ0v) is 11.9. The highest BCUT2D eigenvalue weighted by molar-refractivity contribution is 6.31. The Labute approximate surface area is 112 Å².